The lowest BCUT2D eigenvalue weighted by Gasteiger charge is -2.24. The van der Waals surface area contributed by atoms with Crippen LogP contribution in [-0.2, 0) is 35.1 Å². The van der Waals surface area contributed by atoms with Gasteiger partial charge in [-0.1, -0.05) is 87.0 Å². The van der Waals surface area contributed by atoms with Gasteiger partial charge in [0.1, 0.15) is 17.9 Å². The summed E-state index contributed by atoms with van der Waals surface area (Å²) >= 11 is 6.28. The van der Waals surface area contributed by atoms with Gasteiger partial charge >= 0.3 is 11.9 Å². The van der Waals surface area contributed by atoms with Crippen LogP contribution < -0.4 is 15.4 Å². The highest BCUT2D eigenvalue weighted by atomic mass is 35.5. The van der Waals surface area contributed by atoms with Crippen LogP contribution in [-0.4, -0.2) is 55.7 Å². The Bertz CT molecular complexity index is 1340. The van der Waals surface area contributed by atoms with E-state index in [-0.39, 0.29) is 31.7 Å². The molecule has 1 heterocycles. The van der Waals surface area contributed by atoms with E-state index in [4.69, 9.17) is 25.8 Å². The lowest BCUT2D eigenvalue weighted by atomic mass is 10.0. The number of esters is 2. The van der Waals surface area contributed by atoms with Crippen molar-refractivity contribution < 1.29 is 33.4 Å². The molecule has 0 radical (unpaired) electrons. The van der Waals surface area contributed by atoms with Crippen LogP contribution in [0.25, 0.3) is 6.08 Å². The monoisotopic (exact) mass is 624 g/mol. The molecule has 0 saturated carbocycles. The molecule has 44 heavy (non-hydrogen) atoms. The van der Waals surface area contributed by atoms with E-state index in [1.54, 1.807) is 31.2 Å². The van der Waals surface area contributed by atoms with E-state index in [0.717, 1.165) is 5.56 Å². The molecule has 1 aliphatic heterocycles. The maximum Gasteiger partial charge on any atom is 0.347 e. The summed E-state index contributed by atoms with van der Waals surface area (Å²) < 4.78 is 16.7. The van der Waals surface area contributed by atoms with E-state index < -0.39 is 47.9 Å². The lowest BCUT2D eigenvalue weighted by molar-refractivity contribution is -0.174. The van der Waals surface area contributed by atoms with Crippen LogP contribution in [0.4, 0.5) is 0 Å². The number of hydrogen-bond acceptors (Lipinski definition) is 7. The Kier molecular flexibility index (Phi) is 13.5. The second-order valence-corrected chi connectivity index (χ2v) is 11.6. The molecule has 2 aromatic carbocycles. The SMILES string of the molecule is COc1ccc(C[C@H]2NC(=O)C=CC[C@@H](C/C=C/c3ccccc3)OC(=O)[C@H](CC(C)C)OC(=O)[C@H](C)CNC2=O)cc1Cl. The number of carbonyl (C=O) groups is 4. The van der Waals surface area contributed by atoms with E-state index in [1.165, 1.54) is 13.2 Å². The van der Waals surface area contributed by atoms with Gasteiger partial charge < -0.3 is 24.8 Å². The Balaban J connectivity index is 1.85. The first-order chi connectivity index (χ1) is 21.0. The molecule has 0 fully saturated rings. The zero-order valence-corrected chi connectivity index (χ0v) is 26.3. The Morgan fingerprint density at radius 3 is 2.48 bits per heavy atom. The standard InChI is InChI=1S/C34H41ClN2O7/c1-22(2)18-30-34(41)43-26(13-8-12-24-10-6-5-7-11-24)14-9-15-31(38)37-28(32(39)36-21-23(3)33(40)44-30)20-25-16-17-29(42-4)27(35)19-25/h5-12,15-17,19,22-23,26,28,30H,13-14,18,20-21H2,1-4H3,(H,36,39)(H,37,38)/b12-8+,15-9?/t23-,26-,28-,30+/m1/s1. The number of amides is 2. The molecule has 0 spiro atoms. The molecule has 0 aromatic heterocycles. The first kappa shape index (κ1) is 34.4. The van der Waals surface area contributed by atoms with Crippen molar-refractivity contribution in [2.45, 2.75) is 64.7 Å². The van der Waals surface area contributed by atoms with Crippen LogP contribution in [0.3, 0.4) is 0 Å². The van der Waals surface area contributed by atoms with E-state index in [9.17, 15) is 19.2 Å². The van der Waals surface area contributed by atoms with Crippen LogP contribution in [0, 0.1) is 11.8 Å². The first-order valence-electron chi connectivity index (χ1n) is 14.8. The van der Waals surface area contributed by atoms with Gasteiger partial charge in [-0.2, -0.15) is 0 Å². The average Bonchev–Trinajstić information content (AvgIpc) is 2.98. The predicted molar refractivity (Wildman–Crippen MR) is 169 cm³/mol. The van der Waals surface area contributed by atoms with Crippen LogP contribution in [0.15, 0.2) is 66.8 Å². The summed E-state index contributed by atoms with van der Waals surface area (Å²) in [5.41, 5.74) is 1.70. The van der Waals surface area contributed by atoms with Crippen molar-refractivity contribution in [2.75, 3.05) is 13.7 Å². The third kappa shape index (κ3) is 11.2. The number of hydrogen-bond donors (Lipinski definition) is 2. The summed E-state index contributed by atoms with van der Waals surface area (Å²) in [4.78, 5) is 52.4. The number of benzene rings is 2. The van der Waals surface area contributed by atoms with Gasteiger partial charge in [-0.25, -0.2) is 4.79 Å². The molecule has 0 aliphatic carbocycles. The normalized spacial score (nSPS) is 22.3. The summed E-state index contributed by atoms with van der Waals surface area (Å²) in [5, 5.41) is 5.84. The molecule has 0 bridgehead atoms. The van der Waals surface area contributed by atoms with Crippen molar-refractivity contribution in [2.24, 2.45) is 11.8 Å². The number of halogens is 1. The molecular weight excluding hydrogens is 584 g/mol. The summed E-state index contributed by atoms with van der Waals surface area (Å²) in [6, 6.07) is 13.9. The number of carbonyl (C=O) groups excluding carboxylic acids is 4. The fourth-order valence-electron chi connectivity index (χ4n) is 4.52. The largest absolute Gasteiger partial charge is 0.495 e. The number of ether oxygens (including phenoxy) is 3. The van der Waals surface area contributed by atoms with Gasteiger partial charge in [-0.05, 0) is 41.7 Å². The van der Waals surface area contributed by atoms with Gasteiger partial charge in [-0.15, -0.1) is 0 Å². The van der Waals surface area contributed by atoms with Gasteiger partial charge in [0.25, 0.3) is 0 Å². The van der Waals surface area contributed by atoms with Crippen LogP contribution in [0.1, 0.15) is 51.2 Å². The minimum atomic E-state index is -1.10. The minimum absolute atomic E-state index is 0.0492. The summed E-state index contributed by atoms with van der Waals surface area (Å²) in [7, 11) is 1.50. The summed E-state index contributed by atoms with van der Waals surface area (Å²) in [6.45, 7) is 5.38. The van der Waals surface area contributed by atoms with Crippen molar-refractivity contribution in [1.29, 1.82) is 0 Å². The number of cyclic esters (lactones) is 2. The number of methoxy groups -OCH3 is 1. The van der Waals surface area contributed by atoms with Crippen molar-refractivity contribution in [3.05, 3.63) is 82.9 Å². The van der Waals surface area contributed by atoms with Gasteiger partial charge in [0, 0.05) is 25.8 Å². The number of nitrogens with one attached hydrogen (secondary N) is 2. The lowest BCUT2D eigenvalue weighted by Crippen LogP contribution is -2.49. The van der Waals surface area contributed by atoms with Crippen LogP contribution >= 0.6 is 11.6 Å². The molecular formula is C34H41ClN2O7. The van der Waals surface area contributed by atoms with Crippen LogP contribution in [0.5, 0.6) is 5.75 Å². The molecule has 2 aromatic rings. The number of rotatable bonds is 8. The van der Waals surface area contributed by atoms with E-state index in [1.807, 2.05) is 56.3 Å². The minimum Gasteiger partial charge on any atom is -0.495 e. The maximum absolute atomic E-state index is 13.2. The zero-order valence-electron chi connectivity index (χ0n) is 25.6. The van der Waals surface area contributed by atoms with Gasteiger partial charge in [0.05, 0.1) is 18.1 Å². The quantitative estimate of drug-likeness (QED) is 0.394. The highest BCUT2D eigenvalue weighted by Gasteiger charge is 2.30. The zero-order chi connectivity index (χ0) is 32.1. The second kappa shape index (κ2) is 17.3. The summed E-state index contributed by atoms with van der Waals surface area (Å²) in [5.74, 6) is -2.48. The molecule has 0 unspecified atom stereocenters. The fourth-order valence-corrected chi connectivity index (χ4v) is 4.80. The third-order valence-corrected chi connectivity index (χ3v) is 7.24. The highest BCUT2D eigenvalue weighted by Crippen LogP contribution is 2.25. The second-order valence-electron chi connectivity index (χ2n) is 11.2. The highest BCUT2D eigenvalue weighted by molar-refractivity contribution is 6.32. The van der Waals surface area contributed by atoms with Crippen molar-refractivity contribution in [3.63, 3.8) is 0 Å². The summed E-state index contributed by atoms with van der Waals surface area (Å²) in [6.07, 6.45) is 6.03. The molecule has 10 heteroatoms. The smallest absolute Gasteiger partial charge is 0.347 e. The Morgan fingerprint density at radius 1 is 1.05 bits per heavy atom. The predicted octanol–water partition coefficient (Wildman–Crippen LogP) is 5.06. The molecule has 4 atom stereocenters. The molecule has 3 rings (SSSR count). The van der Waals surface area contributed by atoms with E-state index >= 15 is 0 Å². The topological polar surface area (TPSA) is 120 Å². The van der Waals surface area contributed by atoms with Gasteiger partial charge in [-0.3, -0.25) is 14.4 Å². The van der Waals surface area contributed by atoms with Crippen molar-refractivity contribution in [1.82, 2.24) is 10.6 Å². The first-order valence-corrected chi connectivity index (χ1v) is 15.1. The Hall–Kier alpha value is -4.11. The average molecular weight is 625 g/mol. The third-order valence-electron chi connectivity index (χ3n) is 6.94. The van der Waals surface area contributed by atoms with Crippen molar-refractivity contribution >= 4 is 41.4 Å². The van der Waals surface area contributed by atoms with E-state index in [2.05, 4.69) is 10.6 Å². The molecule has 9 nitrogen and oxygen atoms in total. The Labute approximate surface area is 264 Å². The van der Waals surface area contributed by atoms with Gasteiger partial charge in [0.15, 0.2) is 6.10 Å². The fraction of sp³-hybridized carbons (Fsp3) is 0.412. The molecule has 0 saturated heterocycles. The maximum atomic E-state index is 13.2. The Morgan fingerprint density at radius 2 is 1.80 bits per heavy atom. The van der Waals surface area contributed by atoms with Gasteiger partial charge in [0.2, 0.25) is 11.8 Å². The van der Waals surface area contributed by atoms with Crippen molar-refractivity contribution in [3.8, 4) is 5.75 Å². The molecule has 2 amide bonds. The van der Waals surface area contributed by atoms with E-state index in [0.29, 0.717) is 22.8 Å². The van der Waals surface area contributed by atoms with Crippen LogP contribution in [0.2, 0.25) is 5.02 Å². The molecule has 236 valence electrons. The molecule has 2 N–H and O–H groups in total. The molecule has 1 aliphatic rings.